The van der Waals surface area contributed by atoms with Gasteiger partial charge in [-0.05, 0) is 73.1 Å². The Hall–Kier alpha value is -1.50. The van der Waals surface area contributed by atoms with Crippen molar-refractivity contribution in [3.63, 3.8) is 0 Å². The number of terminal acetylenes is 1. The van der Waals surface area contributed by atoms with Crippen LogP contribution in [-0.2, 0) is 4.74 Å². The molecule has 128 valence electrons. The zero-order valence-electron chi connectivity index (χ0n) is 14.5. The maximum atomic E-state index is 11.0. The summed E-state index contributed by atoms with van der Waals surface area (Å²) in [5, 5.41) is 20.9. The number of benzene rings is 1. The van der Waals surface area contributed by atoms with Gasteiger partial charge in [0.2, 0.25) is 0 Å². The van der Waals surface area contributed by atoms with Crippen LogP contribution < -0.4 is 0 Å². The van der Waals surface area contributed by atoms with E-state index in [1.165, 1.54) is 5.56 Å². The fraction of sp³-hybridized carbons (Fsp3) is 0.619. The third kappa shape index (κ3) is 1.93. The van der Waals surface area contributed by atoms with Gasteiger partial charge >= 0.3 is 0 Å². The number of ether oxygens (including phenoxy) is 1. The highest BCUT2D eigenvalue weighted by Gasteiger charge is 2.61. The maximum Gasteiger partial charge on any atom is 0.130 e. The number of phenols is 1. The summed E-state index contributed by atoms with van der Waals surface area (Å²) in [5.41, 5.74) is 1.28. The minimum atomic E-state index is -0.972. The highest BCUT2D eigenvalue weighted by Crippen LogP contribution is 2.65. The summed E-state index contributed by atoms with van der Waals surface area (Å²) in [6.07, 6.45) is 10.4. The van der Waals surface area contributed by atoms with Crippen molar-refractivity contribution in [3.8, 4) is 18.1 Å². The first kappa shape index (κ1) is 16.0. The van der Waals surface area contributed by atoms with Gasteiger partial charge in [-0.1, -0.05) is 18.9 Å². The number of hydrogen-bond donors (Lipinski definition) is 2. The number of hydrogen-bond acceptors (Lipinski definition) is 3. The van der Waals surface area contributed by atoms with E-state index in [0.717, 1.165) is 31.2 Å². The number of fused-ring (bicyclic) bond motifs is 5. The summed E-state index contributed by atoms with van der Waals surface area (Å²) in [5.74, 6) is 4.41. The molecule has 3 aliphatic carbocycles. The Balaban J connectivity index is 1.77. The van der Waals surface area contributed by atoms with Crippen LogP contribution in [0.2, 0.25) is 0 Å². The van der Waals surface area contributed by atoms with Crippen LogP contribution in [0.25, 0.3) is 0 Å². The monoisotopic (exact) mass is 326 g/mol. The average Bonchev–Trinajstić information content (AvgIpc) is 2.86. The second-order valence-corrected chi connectivity index (χ2v) is 8.15. The Morgan fingerprint density at radius 1 is 1.25 bits per heavy atom. The zero-order valence-corrected chi connectivity index (χ0v) is 14.5. The highest BCUT2D eigenvalue weighted by molar-refractivity contribution is 5.42. The van der Waals surface area contributed by atoms with Gasteiger partial charge < -0.3 is 14.9 Å². The predicted molar refractivity (Wildman–Crippen MR) is 92.6 cm³/mol. The summed E-state index contributed by atoms with van der Waals surface area (Å²) < 4.78 is 5.77. The molecule has 3 aliphatic rings. The van der Waals surface area contributed by atoms with Crippen LogP contribution in [0.5, 0.6) is 5.75 Å². The molecular weight excluding hydrogens is 300 g/mol. The number of rotatable bonds is 1. The van der Waals surface area contributed by atoms with Gasteiger partial charge in [0.25, 0.3) is 0 Å². The first-order valence-corrected chi connectivity index (χ1v) is 8.99. The quantitative estimate of drug-likeness (QED) is 0.773. The summed E-state index contributed by atoms with van der Waals surface area (Å²) in [6, 6.07) is 5.71. The van der Waals surface area contributed by atoms with Gasteiger partial charge in [0.1, 0.15) is 11.4 Å². The zero-order chi connectivity index (χ0) is 17.1. The molecule has 0 aliphatic heterocycles. The smallest absolute Gasteiger partial charge is 0.130 e. The number of aromatic hydroxyl groups is 1. The molecule has 0 saturated heterocycles. The summed E-state index contributed by atoms with van der Waals surface area (Å²) in [4.78, 5) is 0. The number of phenolic OH excluding ortho intramolecular Hbond substituents is 1. The van der Waals surface area contributed by atoms with Crippen LogP contribution in [-0.4, -0.2) is 22.9 Å². The predicted octanol–water partition coefficient (Wildman–Crippen LogP) is 3.76. The van der Waals surface area contributed by atoms with Crippen LogP contribution in [0.4, 0.5) is 0 Å². The second-order valence-electron chi connectivity index (χ2n) is 8.15. The van der Waals surface area contributed by atoms with E-state index in [9.17, 15) is 10.2 Å². The lowest BCUT2D eigenvalue weighted by Gasteiger charge is -2.53. The van der Waals surface area contributed by atoms with Crippen molar-refractivity contribution in [2.24, 2.45) is 17.3 Å². The van der Waals surface area contributed by atoms with Crippen molar-refractivity contribution in [2.75, 3.05) is 7.11 Å². The van der Waals surface area contributed by atoms with Gasteiger partial charge in [-0.25, -0.2) is 0 Å². The van der Waals surface area contributed by atoms with Crippen molar-refractivity contribution >= 4 is 0 Å². The molecule has 24 heavy (non-hydrogen) atoms. The third-order valence-corrected chi connectivity index (χ3v) is 7.41. The summed E-state index contributed by atoms with van der Waals surface area (Å²) in [6.45, 7) is 2.19. The van der Waals surface area contributed by atoms with Crippen LogP contribution in [0.15, 0.2) is 18.2 Å². The lowest BCUT2D eigenvalue weighted by molar-refractivity contribution is -0.0758. The minimum absolute atomic E-state index is 0.00947. The van der Waals surface area contributed by atoms with Gasteiger partial charge in [-0.15, -0.1) is 6.42 Å². The molecule has 4 rings (SSSR count). The van der Waals surface area contributed by atoms with E-state index in [1.54, 1.807) is 13.2 Å². The van der Waals surface area contributed by atoms with E-state index in [1.807, 2.05) is 6.07 Å². The third-order valence-electron chi connectivity index (χ3n) is 7.41. The van der Waals surface area contributed by atoms with E-state index in [-0.39, 0.29) is 11.5 Å². The average molecular weight is 326 g/mol. The molecular formula is C21H26O3. The van der Waals surface area contributed by atoms with Crippen LogP contribution >= 0.6 is 0 Å². The Bertz CT molecular complexity index is 706. The molecule has 2 fully saturated rings. The minimum Gasteiger partial charge on any atom is -0.508 e. The van der Waals surface area contributed by atoms with Crippen LogP contribution in [0.1, 0.15) is 62.2 Å². The molecule has 3 nitrogen and oxygen atoms in total. The van der Waals surface area contributed by atoms with Crippen molar-refractivity contribution in [3.05, 3.63) is 29.3 Å². The van der Waals surface area contributed by atoms with Crippen LogP contribution in [0.3, 0.4) is 0 Å². The Kier molecular flexibility index (Phi) is 3.50. The maximum absolute atomic E-state index is 11.0. The molecule has 1 aromatic carbocycles. The van der Waals surface area contributed by atoms with E-state index in [4.69, 9.17) is 11.2 Å². The fourth-order valence-corrected chi connectivity index (χ4v) is 6.03. The molecule has 0 amide bonds. The first-order valence-electron chi connectivity index (χ1n) is 8.99. The van der Waals surface area contributed by atoms with E-state index >= 15 is 0 Å². The molecule has 2 N–H and O–H groups in total. The topological polar surface area (TPSA) is 49.7 Å². The SMILES string of the molecule is C#C[C@]1(O)CC[C@H]2[C@@H]3C[C@@H](OC)c4cc(O)ccc4[C@H]3CC[C@@]21C. The van der Waals surface area contributed by atoms with E-state index in [0.29, 0.717) is 29.9 Å². The molecule has 0 bridgehead atoms. The van der Waals surface area contributed by atoms with Gasteiger partial charge in [0.15, 0.2) is 0 Å². The number of methoxy groups -OCH3 is 1. The lowest BCUT2D eigenvalue weighted by atomic mass is 9.53. The Labute approximate surface area is 144 Å². The van der Waals surface area contributed by atoms with Crippen LogP contribution in [0, 0.1) is 29.6 Å². The van der Waals surface area contributed by atoms with E-state index in [2.05, 4.69) is 18.9 Å². The fourth-order valence-electron chi connectivity index (χ4n) is 6.03. The molecule has 0 heterocycles. The molecule has 2 saturated carbocycles. The van der Waals surface area contributed by atoms with Gasteiger partial charge in [0.05, 0.1) is 6.10 Å². The van der Waals surface area contributed by atoms with Crippen molar-refractivity contribution in [2.45, 2.75) is 56.7 Å². The molecule has 0 spiro atoms. The second kappa shape index (κ2) is 5.25. The Morgan fingerprint density at radius 3 is 2.75 bits per heavy atom. The van der Waals surface area contributed by atoms with Crippen molar-refractivity contribution in [1.82, 2.24) is 0 Å². The normalized spacial score (nSPS) is 43.4. The molecule has 0 unspecified atom stereocenters. The molecule has 0 radical (unpaired) electrons. The Morgan fingerprint density at radius 2 is 2.04 bits per heavy atom. The van der Waals surface area contributed by atoms with Gasteiger partial charge in [0, 0.05) is 12.5 Å². The molecule has 3 heteroatoms. The summed E-state index contributed by atoms with van der Waals surface area (Å²) >= 11 is 0. The van der Waals surface area contributed by atoms with Crippen molar-refractivity contribution < 1.29 is 14.9 Å². The lowest BCUT2D eigenvalue weighted by Crippen LogP contribution is -2.50. The number of aliphatic hydroxyl groups is 1. The molecule has 6 atom stereocenters. The largest absolute Gasteiger partial charge is 0.508 e. The van der Waals surface area contributed by atoms with E-state index < -0.39 is 5.60 Å². The summed E-state index contributed by atoms with van der Waals surface area (Å²) in [7, 11) is 1.74. The van der Waals surface area contributed by atoms with Crippen molar-refractivity contribution in [1.29, 1.82) is 0 Å². The standard InChI is InChI=1S/C21H26O3/c1-4-21(23)10-8-18-16-12-19(24-3)17-11-13(22)5-6-14(17)15(16)7-9-20(18,21)2/h1,5-6,11,15-16,18-19,22-23H,7-10,12H2,2-3H3/t15-,16-,18+,19-,20+,21+/m1/s1. The van der Waals surface area contributed by atoms with Gasteiger partial charge in [-0.3, -0.25) is 0 Å². The highest BCUT2D eigenvalue weighted by atomic mass is 16.5. The molecule has 1 aromatic rings. The molecule has 0 aromatic heterocycles. The first-order chi connectivity index (χ1) is 11.4. The van der Waals surface area contributed by atoms with Gasteiger partial charge in [-0.2, -0.15) is 0 Å².